The third kappa shape index (κ3) is 4.44. The zero-order chi connectivity index (χ0) is 13.9. The molecule has 0 atom stereocenters. The van der Waals surface area contributed by atoms with Gasteiger partial charge in [0.25, 0.3) is 0 Å². The van der Waals surface area contributed by atoms with Crippen molar-refractivity contribution in [1.29, 1.82) is 0 Å². The topological polar surface area (TPSA) is 37.4 Å². The van der Waals surface area contributed by atoms with E-state index < -0.39 is 0 Å². The van der Waals surface area contributed by atoms with Gasteiger partial charge in [-0.3, -0.25) is 0 Å². The largest absolute Gasteiger partial charge is 0.372 e. The zero-order valence-corrected chi connectivity index (χ0v) is 13.2. The van der Waals surface area contributed by atoms with Gasteiger partial charge < -0.3 is 15.0 Å². The molecule has 0 bridgehead atoms. The summed E-state index contributed by atoms with van der Waals surface area (Å²) in [4.78, 5) is 8.19. The molecule has 0 amide bonds. The lowest BCUT2D eigenvalue weighted by Gasteiger charge is -2.37. The summed E-state index contributed by atoms with van der Waals surface area (Å²) in [5.41, 5.74) is -0.0695. The van der Waals surface area contributed by atoms with Gasteiger partial charge in [-0.1, -0.05) is 13.8 Å². The molecule has 1 saturated heterocycles. The van der Waals surface area contributed by atoms with E-state index in [2.05, 4.69) is 42.9 Å². The molecule has 1 aliphatic rings. The second-order valence-electron chi connectivity index (χ2n) is 6.16. The summed E-state index contributed by atoms with van der Waals surface area (Å²) in [6.45, 7) is 13.3. The van der Waals surface area contributed by atoms with E-state index in [-0.39, 0.29) is 5.60 Å². The van der Waals surface area contributed by atoms with Crippen molar-refractivity contribution in [1.82, 2.24) is 10.3 Å². The Morgan fingerprint density at radius 2 is 2.32 bits per heavy atom. The van der Waals surface area contributed by atoms with E-state index in [0.717, 1.165) is 37.9 Å². The monoisotopic (exact) mass is 283 g/mol. The predicted molar refractivity (Wildman–Crippen MR) is 80.9 cm³/mol. The molecule has 0 saturated carbocycles. The Morgan fingerprint density at radius 3 is 3.00 bits per heavy atom. The van der Waals surface area contributed by atoms with Crippen molar-refractivity contribution >= 4 is 16.5 Å². The molecule has 19 heavy (non-hydrogen) atoms. The first kappa shape index (κ1) is 14.8. The maximum Gasteiger partial charge on any atom is 0.185 e. The van der Waals surface area contributed by atoms with Crippen molar-refractivity contribution in [2.24, 2.45) is 5.92 Å². The van der Waals surface area contributed by atoms with Crippen LogP contribution < -0.4 is 10.2 Å². The van der Waals surface area contributed by atoms with E-state index in [1.54, 1.807) is 11.3 Å². The fourth-order valence-electron chi connectivity index (χ4n) is 2.19. The number of hydrogen-bond acceptors (Lipinski definition) is 5. The second-order valence-corrected chi connectivity index (χ2v) is 7.26. The molecule has 0 aliphatic carbocycles. The van der Waals surface area contributed by atoms with Gasteiger partial charge in [0.15, 0.2) is 5.13 Å². The van der Waals surface area contributed by atoms with Gasteiger partial charge in [-0.2, -0.15) is 0 Å². The van der Waals surface area contributed by atoms with Crippen molar-refractivity contribution < 1.29 is 4.74 Å². The number of ether oxygens (including phenoxy) is 1. The molecule has 0 radical (unpaired) electrons. The highest BCUT2D eigenvalue weighted by Crippen LogP contribution is 2.27. The molecule has 1 aromatic heterocycles. The molecule has 2 rings (SSSR count). The fraction of sp³-hybridized carbons (Fsp3) is 0.786. The Morgan fingerprint density at radius 1 is 1.53 bits per heavy atom. The minimum absolute atomic E-state index is 0.0695. The van der Waals surface area contributed by atoms with Crippen molar-refractivity contribution in [3.05, 3.63) is 11.1 Å². The molecule has 1 aliphatic heterocycles. The smallest absolute Gasteiger partial charge is 0.185 e. The predicted octanol–water partition coefficient (Wildman–Crippen LogP) is 2.50. The number of nitrogens with zero attached hydrogens (tertiary/aromatic N) is 2. The molecule has 5 heteroatoms. The van der Waals surface area contributed by atoms with Crippen molar-refractivity contribution in [3.8, 4) is 0 Å². The van der Waals surface area contributed by atoms with E-state index in [0.29, 0.717) is 5.92 Å². The van der Waals surface area contributed by atoms with Gasteiger partial charge in [0.1, 0.15) is 0 Å². The summed E-state index contributed by atoms with van der Waals surface area (Å²) in [6.07, 6.45) is 2.00. The molecular weight excluding hydrogens is 258 g/mol. The highest BCUT2D eigenvalue weighted by atomic mass is 32.1. The van der Waals surface area contributed by atoms with E-state index in [1.807, 2.05) is 6.20 Å². The maximum atomic E-state index is 5.74. The number of thiazole rings is 1. The molecule has 1 aromatic rings. The van der Waals surface area contributed by atoms with Gasteiger partial charge >= 0.3 is 0 Å². The second kappa shape index (κ2) is 6.20. The van der Waals surface area contributed by atoms with Gasteiger partial charge in [0.2, 0.25) is 0 Å². The number of nitrogens with one attached hydrogen (secondary N) is 1. The maximum absolute atomic E-state index is 5.74. The van der Waals surface area contributed by atoms with Crippen LogP contribution in [0, 0.1) is 5.92 Å². The van der Waals surface area contributed by atoms with E-state index in [4.69, 9.17) is 4.74 Å². The first-order valence-electron chi connectivity index (χ1n) is 7.00. The van der Waals surface area contributed by atoms with E-state index in [1.165, 1.54) is 4.88 Å². The summed E-state index contributed by atoms with van der Waals surface area (Å²) in [6, 6.07) is 0. The van der Waals surface area contributed by atoms with Crippen LogP contribution in [0.5, 0.6) is 0 Å². The minimum Gasteiger partial charge on any atom is -0.372 e. The third-order valence-corrected chi connectivity index (χ3v) is 4.15. The Balaban J connectivity index is 1.89. The third-order valence-electron chi connectivity index (χ3n) is 3.09. The van der Waals surface area contributed by atoms with E-state index >= 15 is 0 Å². The Labute approximate surface area is 120 Å². The average Bonchev–Trinajstić information content (AvgIpc) is 2.76. The Bertz CT molecular complexity index is 403. The Kier molecular flexibility index (Phi) is 4.81. The van der Waals surface area contributed by atoms with Crippen LogP contribution >= 0.6 is 11.3 Å². The summed E-state index contributed by atoms with van der Waals surface area (Å²) in [7, 11) is 0. The SMILES string of the molecule is CC(C)CNCc1cnc(N2CCOC(C)(C)C2)s1. The van der Waals surface area contributed by atoms with Crippen LogP contribution in [0.4, 0.5) is 5.13 Å². The highest BCUT2D eigenvalue weighted by molar-refractivity contribution is 7.15. The summed E-state index contributed by atoms with van der Waals surface area (Å²) < 4.78 is 5.74. The molecule has 1 N–H and O–H groups in total. The molecule has 4 nitrogen and oxygen atoms in total. The molecule has 2 heterocycles. The van der Waals surface area contributed by atoms with Crippen LogP contribution in [0.1, 0.15) is 32.6 Å². The van der Waals surface area contributed by atoms with Gasteiger partial charge in [0, 0.05) is 30.7 Å². The first-order valence-corrected chi connectivity index (χ1v) is 7.82. The van der Waals surface area contributed by atoms with Crippen molar-refractivity contribution in [2.75, 3.05) is 31.1 Å². The molecule has 0 aromatic carbocycles. The van der Waals surface area contributed by atoms with Crippen LogP contribution in [0.3, 0.4) is 0 Å². The van der Waals surface area contributed by atoms with Crippen LogP contribution in [-0.2, 0) is 11.3 Å². The summed E-state index contributed by atoms with van der Waals surface area (Å²) in [5.74, 6) is 0.687. The van der Waals surface area contributed by atoms with Gasteiger partial charge in [0.05, 0.1) is 12.2 Å². The molecular formula is C14H25N3OS. The molecule has 0 unspecified atom stereocenters. The fourth-order valence-corrected chi connectivity index (χ4v) is 3.09. The van der Waals surface area contributed by atoms with Crippen LogP contribution in [0.15, 0.2) is 6.20 Å². The number of aromatic nitrogens is 1. The van der Waals surface area contributed by atoms with Gasteiger partial charge in [-0.15, -0.1) is 11.3 Å². The van der Waals surface area contributed by atoms with Crippen molar-refractivity contribution in [3.63, 3.8) is 0 Å². The lowest BCUT2D eigenvalue weighted by Crippen LogP contribution is -2.48. The van der Waals surface area contributed by atoms with Crippen molar-refractivity contribution in [2.45, 2.75) is 39.8 Å². The zero-order valence-electron chi connectivity index (χ0n) is 12.4. The average molecular weight is 283 g/mol. The van der Waals surface area contributed by atoms with Crippen LogP contribution in [0.2, 0.25) is 0 Å². The number of rotatable bonds is 5. The molecule has 108 valence electrons. The first-order chi connectivity index (χ1) is 8.96. The lowest BCUT2D eigenvalue weighted by molar-refractivity contribution is -0.0277. The summed E-state index contributed by atoms with van der Waals surface area (Å²) >= 11 is 1.79. The van der Waals surface area contributed by atoms with Crippen LogP contribution in [0.25, 0.3) is 0 Å². The summed E-state index contributed by atoms with van der Waals surface area (Å²) in [5, 5.41) is 4.58. The number of hydrogen-bond donors (Lipinski definition) is 1. The van der Waals surface area contributed by atoms with Gasteiger partial charge in [-0.05, 0) is 26.3 Å². The molecule has 0 spiro atoms. The number of anilines is 1. The quantitative estimate of drug-likeness (QED) is 0.901. The standard InChI is InChI=1S/C14H25N3OS/c1-11(2)7-15-8-12-9-16-13(19-12)17-5-6-18-14(3,4)10-17/h9,11,15H,5-8,10H2,1-4H3. The Hall–Kier alpha value is -0.650. The minimum atomic E-state index is -0.0695. The van der Waals surface area contributed by atoms with Crippen LogP contribution in [-0.4, -0.2) is 36.8 Å². The van der Waals surface area contributed by atoms with Gasteiger partial charge in [-0.25, -0.2) is 4.98 Å². The lowest BCUT2D eigenvalue weighted by atomic mass is 10.1. The number of morpholine rings is 1. The van der Waals surface area contributed by atoms with E-state index in [9.17, 15) is 0 Å². The molecule has 1 fully saturated rings. The highest BCUT2D eigenvalue weighted by Gasteiger charge is 2.28. The normalized spacial score (nSPS) is 19.1.